The lowest BCUT2D eigenvalue weighted by atomic mass is 10.0. The first-order valence-corrected chi connectivity index (χ1v) is 8.69. The molecule has 3 heterocycles. The molecule has 0 amide bonds. The van der Waals surface area contributed by atoms with E-state index >= 15 is 0 Å². The number of anilines is 1. The van der Waals surface area contributed by atoms with Crippen LogP contribution in [0.2, 0.25) is 0 Å². The van der Waals surface area contributed by atoms with Gasteiger partial charge in [-0.3, -0.25) is 10.1 Å². The van der Waals surface area contributed by atoms with E-state index in [0.717, 1.165) is 54.4 Å². The number of aromatic nitrogens is 3. The smallest absolute Gasteiger partial charge is 0.159 e. The summed E-state index contributed by atoms with van der Waals surface area (Å²) in [7, 11) is 2.15. The van der Waals surface area contributed by atoms with Crippen molar-refractivity contribution in [3.63, 3.8) is 0 Å². The first-order chi connectivity index (χ1) is 12.8. The van der Waals surface area contributed by atoms with Gasteiger partial charge in [-0.1, -0.05) is 12.1 Å². The molecule has 6 nitrogen and oxygen atoms in total. The third-order valence-corrected chi connectivity index (χ3v) is 4.82. The Labute approximate surface area is 152 Å². The topological polar surface area (TPSA) is 71.8 Å². The largest absolute Gasteiger partial charge is 0.352 e. The molecule has 3 aromatic rings. The van der Waals surface area contributed by atoms with Crippen molar-refractivity contribution in [1.82, 2.24) is 20.1 Å². The molecule has 0 spiro atoms. The normalized spacial score (nSPS) is 15.0. The molecule has 130 valence electrons. The Hall–Kier alpha value is -3.17. The number of nitrogens with zero attached hydrogens (tertiary/aromatic N) is 5. The summed E-state index contributed by atoms with van der Waals surface area (Å²) in [4.78, 5) is 8.81. The fourth-order valence-corrected chi connectivity index (χ4v) is 3.29. The van der Waals surface area contributed by atoms with Crippen LogP contribution in [0, 0.1) is 11.3 Å². The molecule has 0 atom stereocenters. The van der Waals surface area contributed by atoms with Gasteiger partial charge in [0.05, 0.1) is 22.9 Å². The summed E-state index contributed by atoms with van der Waals surface area (Å²) in [5.41, 5.74) is 4.81. The first kappa shape index (κ1) is 16.3. The lowest BCUT2D eigenvalue weighted by Gasteiger charge is -2.33. The maximum absolute atomic E-state index is 9.04. The van der Waals surface area contributed by atoms with Crippen LogP contribution in [-0.4, -0.2) is 53.3 Å². The molecule has 1 N–H and O–H groups in total. The van der Waals surface area contributed by atoms with Crippen molar-refractivity contribution in [3.8, 4) is 28.5 Å². The SMILES string of the molecule is CN1CCN(c2n[nH]c(-c3ccc(C#N)cc3)c2-c2ccncc2)CC1. The van der Waals surface area contributed by atoms with Crippen molar-refractivity contribution in [1.29, 1.82) is 5.26 Å². The van der Waals surface area contributed by atoms with Gasteiger partial charge in [0.2, 0.25) is 0 Å². The first-order valence-electron chi connectivity index (χ1n) is 8.69. The summed E-state index contributed by atoms with van der Waals surface area (Å²) < 4.78 is 0. The van der Waals surface area contributed by atoms with Crippen LogP contribution >= 0.6 is 0 Å². The molecule has 0 radical (unpaired) electrons. The number of hydrogen-bond donors (Lipinski definition) is 1. The number of piperazine rings is 1. The summed E-state index contributed by atoms with van der Waals surface area (Å²) in [5, 5.41) is 16.9. The van der Waals surface area contributed by atoms with E-state index in [1.165, 1.54) is 0 Å². The Morgan fingerprint density at radius 1 is 0.962 bits per heavy atom. The monoisotopic (exact) mass is 344 g/mol. The van der Waals surface area contributed by atoms with Crippen LogP contribution in [-0.2, 0) is 0 Å². The van der Waals surface area contributed by atoms with E-state index < -0.39 is 0 Å². The predicted octanol–water partition coefficient (Wildman–Crippen LogP) is 2.76. The Balaban J connectivity index is 1.80. The maximum atomic E-state index is 9.04. The van der Waals surface area contributed by atoms with Crippen molar-refractivity contribution in [2.24, 2.45) is 0 Å². The number of rotatable bonds is 3. The number of H-pyrrole nitrogens is 1. The summed E-state index contributed by atoms with van der Waals surface area (Å²) in [5.74, 6) is 0.976. The molecule has 26 heavy (non-hydrogen) atoms. The van der Waals surface area contributed by atoms with Gasteiger partial charge in [0.1, 0.15) is 0 Å². The van der Waals surface area contributed by atoms with Crippen molar-refractivity contribution in [2.75, 3.05) is 38.1 Å². The third kappa shape index (κ3) is 3.05. The Morgan fingerprint density at radius 2 is 1.65 bits per heavy atom. The van der Waals surface area contributed by atoms with Crippen LogP contribution in [0.5, 0.6) is 0 Å². The van der Waals surface area contributed by atoms with E-state index in [9.17, 15) is 0 Å². The van der Waals surface area contributed by atoms with E-state index in [1.54, 1.807) is 12.4 Å². The molecule has 4 rings (SSSR count). The lowest BCUT2D eigenvalue weighted by molar-refractivity contribution is 0.312. The molecular weight excluding hydrogens is 324 g/mol. The average Bonchev–Trinajstić information content (AvgIpc) is 3.14. The van der Waals surface area contributed by atoms with Gasteiger partial charge in [0.15, 0.2) is 5.82 Å². The van der Waals surface area contributed by atoms with Crippen LogP contribution in [0.25, 0.3) is 22.4 Å². The number of likely N-dealkylation sites (N-methyl/N-ethyl adjacent to an activating group) is 1. The molecule has 0 bridgehead atoms. The second kappa shape index (κ2) is 6.98. The minimum absolute atomic E-state index is 0.651. The molecular formula is C20H20N6. The Bertz CT molecular complexity index is 915. The van der Waals surface area contributed by atoms with Gasteiger partial charge in [0, 0.05) is 44.1 Å². The van der Waals surface area contributed by atoms with Crippen LogP contribution in [0.3, 0.4) is 0 Å². The van der Waals surface area contributed by atoms with E-state index in [4.69, 9.17) is 5.26 Å². The standard InChI is InChI=1S/C20H20N6/c1-25-10-12-26(13-11-25)20-18(16-6-8-22-9-7-16)19(23-24-20)17-4-2-15(14-21)3-5-17/h2-9H,10-13H2,1H3,(H,23,24). The van der Waals surface area contributed by atoms with Crippen LogP contribution in [0.15, 0.2) is 48.8 Å². The average molecular weight is 344 g/mol. The minimum Gasteiger partial charge on any atom is -0.352 e. The highest BCUT2D eigenvalue weighted by atomic mass is 15.3. The van der Waals surface area contributed by atoms with Crippen molar-refractivity contribution < 1.29 is 0 Å². The summed E-state index contributed by atoms with van der Waals surface area (Å²) in [6, 6.07) is 13.8. The van der Waals surface area contributed by atoms with Gasteiger partial charge in [-0.2, -0.15) is 10.4 Å². The second-order valence-corrected chi connectivity index (χ2v) is 6.51. The highest BCUT2D eigenvalue weighted by Gasteiger charge is 2.23. The van der Waals surface area contributed by atoms with Gasteiger partial charge in [0.25, 0.3) is 0 Å². The second-order valence-electron chi connectivity index (χ2n) is 6.51. The highest BCUT2D eigenvalue weighted by Crippen LogP contribution is 2.37. The van der Waals surface area contributed by atoms with E-state index in [1.807, 2.05) is 36.4 Å². The molecule has 1 saturated heterocycles. The molecule has 1 fully saturated rings. The summed E-state index contributed by atoms with van der Waals surface area (Å²) in [6.45, 7) is 3.95. The summed E-state index contributed by atoms with van der Waals surface area (Å²) >= 11 is 0. The molecule has 0 saturated carbocycles. The minimum atomic E-state index is 0.651. The summed E-state index contributed by atoms with van der Waals surface area (Å²) in [6.07, 6.45) is 3.61. The zero-order chi connectivity index (χ0) is 17.9. The van der Waals surface area contributed by atoms with Gasteiger partial charge < -0.3 is 9.80 Å². The number of pyridine rings is 1. The Kier molecular flexibility index (Phi) is 4.38. The van der Waals surface area contributed by atoms with Gasteiger partial charge in [-0.05, 0) is 36.9 Å². The Morgan fingerprint density at radius 3 is 2.31 bits per heavy atom. The number of nitrogens with one attached hydrogen (secondary N) is 1. The van der Waals surface area contributed by atoms with E-state index in [2.05, 4.69) is 38.1 Å². The predicted molar refractivity (Wildman–Crippen MR) is 102 cm³/mol. The molecule has 1 aliphatic rings. The molecule has 2 aromatic heterocycles. The van der Waals surface area contributed by atoms with Crippen LogP contribution in [0.1, 0.15) is 5.56 Å². The number of aromatic amines is 1. The fraction of sp³-hybridized carbons (Fsp3) is 0.250. The quantitative estimate of drug-likeness (QED) is 0.791. The zero-order valence-corrected chi connectivity index (χ0v) is 14.7. The molecule has 1 aromatic carbocycles. The maximum Gasteiger partial charge on any atom is 0.159 e. The lowest BCUT2D eigenvalue weighted by Crippen LogP contribution is -2.44. The van der Waals surface area contributed by atoms with Crippen LogP contribution in [0.4, 0.5) is 5.82 Å². The third-order valence-electron chi connectivity index (χ3n) is 4.82. The molecule has 1 aliphatic heterocycles. The van der Waals surface area contributed by atoms with Crippen molar-refractivity contribution >= 4 is 5.82 Å². The van der Waals surface area contributed by atoms with Gasteiger partial charge in [-0.15, -0.1) is 0 Å². The zero-order valence-electron chi connectivity index (χ0n) is 14.7. The number of benzene rings is 1. The highest BCUT2D eigenvalue weighted by molar-refractivity contribution is 5.89. The fourth-order valence-electron chi connectivity index (χ4n) is 3.29. The van der Waals surface area contributed by atoms with Gasteiger partial charge in [-0.25, -0.2) is 0 Å². The molecule has 0 unspecified atom stereocenters. The molecule has 6 heteroatoms. The van der Waals surface area contributed by atoms with E-state index in [0.29, 0.717) is 5.56 Å². The van der Waals surface area contributed by atoms with Gasteiger partial charge >= 0.3 is 0 Å². The molecule has 0 aliphatic carbocycles. The van der Waals surface area contributed by atoms with E-state index in [-0.39, 0.29) is 0 Å². The van der Waals surface area contributed by atoms with Crippen molar-refractivity contribution in [3.05, 3.63) is 54.4 Å². The van der Waals surface area contributed by atoms with Crippen LogP contribution < -0.4 is 4.90 Å². The van der Waals surface area contributed by atoms with Crippen molar-refractivity contribution in [2.45, 2.75) is 0 Å². The number of nitriles is 1. The number of hydrogen-bond acceptors (Lipinski definition) is 5.